The number of ether oxygens (including phenoxy) is 2. The third kappa shape index (κ3) is 3.94. The molecular weight excluding hydrogens is 308 g/mol. The van der Waals surface area contributed by atoms with Crippen molar-refractivity contribution in [1.82, 2.24) is 10.2 Å². The molecule has 1 aromatic rings. The molecular formula is C18H24N2O4. The number of hydrogen-bond donors (Lipinski definition) is 1. The number of carbonyl (C=O) groups excluding carboxylic acids is 2. The van der Waals surface area contributed by atoms with Crippen molar-refractivity contribution in [3.8, 4) is 0 Å². The summed E-state index contributed by atoms with van der Waals surface area (Å²) in [7, 11) is 2.94. The second-order valence-corrected chi connectivity index (χ2v) is 6.61. The lowest BCUT2D eigenvalue weighted by Crippen LogP contribution is -2.48. The lowest BCUT2D eigenvalue weighted by Gasteiger charge is -2.35. The Hall–Kier alpha value is -2.34. The summed E-state index contributed by atoms with van der Waals surface area (Å²) in [5.74, 6) is -0.483. The Balaban J connectivity index is 2.51. The number of carbonyl (C=O) groups is 2. The van der Waals surface area contributed by atoms with E-state index < -0.39 is 17.6 Å². The monoisotopic (exact) mass is 332 g/mol. The Morgan fingerprint density at radius 3 is 2.42 bits per heavy atom. The van der Waals surface area contributed by atoms with Gasteiger partial charge in [-0.3, -0.25) is 4.90 Å². The number of nitrogens with one attached hydrogen (secondary N) is 1. The van der Waals surface area contributed by atoms with E-state index in [-0.39, 0.29) is 12.6 Å². The highest BCUT2D eigenvalue weighted by molar-refractivity contribution is 5.95. The van der Waals surface area contributed by atoms with Crippen LogP contribution in [0.4, 0.5) is 4.79 Å². The van der Waals surface area contributed by atoms with Crippen LogP contribution in [0.15, 0.2) is 41.6 Å². The molecule has 2 amide bonds. The van der Waals surface area contributed by atoms with E-state index in [1.165, 1.54) is 12.0 Å². The largest absolute Gasteiger partial charge is 0.466 e. The Kier molecular flexibility index (Phi) is 5.29. The maximum atomic E-state index is 12.4. The molecule has 1 heterocycles. The average molecular weight is 332 g/mol. The van der Waals surface area contributed by atoms with Crippen LogP contribution in [0.3, 0.4) is 0 Å². The second-order valence-electron chi connectivity index (χ2n) is 6.61. The first-order valence-corrected chi connectivity index (χ1v) is 7.79. The maximum absolute atomic E-state index is 12.4. The first-order chi connectivity index (χ1) is 11.2. The second kappa shape index (κ2) is 7.05. The molecule has 6 heteroatoms. The van der Waals surface area contributed by atoms with Crippen molar-refractivity contribution in [3.63, 3.8) is 0 Å². The molecule has 2 rings (SSSR count). The third-order valence-electron chi connectivity index (χ3n) is 3.76. The van der Waals surface area contributed by atoms with Crippen LogP contribution in [0, 0.1) is 0 Å². The molecule has 0 saturated carbocycles. The molecule has 0 aromatic heterocycles. The molecule has 1 atom stereocenters. The van der Waals surface area contributed by atoms with Crippen LogP contribution in [-0.4, -0.2) is 43.3 Å². The van der Waals surface area contributed by atoms with Crippen molar-refractivity contribution < 1.29 is 19.1 Å². The lowest BCUT2D eigenvalue weighted by atomic mass is 9.95. The number of methoxy groups -OCH3 is 1. The van der Waals surface area contributed by atoms with Gasteiger partial charge in [-0.25, -0.2) is 9.59 Å². The molecule has 1 aromatic carbocycles. The van der Waals surface area contributed by atoms with E-state index in [0.29, 0.717) is 11.3 Å². The molecule has 1 aliphatic rings. The van der Waals surface area contributed by atoms with Crippen LogP contribution in [0.1, 0.15) is 32.4 Å². The van der Waals surface area contributed by atoms with E-state index in [0.717, 1.165) is 5.56 Å². The molecule has 1 aliphatic heterocycles. The van der Waals surface area contributed by atoms with Gasteiger partial charge in [0.25, 0.3) is 0 Å². The van der Waals surface area contributed by atoms with Gasteiger partial charge in [0.05, 0.1) is 36.6 Å². The van der Waals surface area contributed by atoms with Crippen molar-refractivity contribution in [3.05, 3.63) is 47.2 Å². The standard InChI is InChI=1S/C18H24N2O4/c1-18(2,3)24-11-13-14(16(21)23-5)15(19-17(22)20(13)4)12-9-7-6-8-10-12/h6-10,15H,11H2,1-5H3,(H,19,22). The van der Waals surface area contributed by atoms with E-state index in [1.807, 2.05) is 51.1 Å². The number of amides is 2. The van der Waals surface area contributed by atoms with Gasteiger partial charge in [0.15, 0.2) is 0 Å². The predicted molar refractivity (Wildman–Crippen MR) is 90.2 cm³/mol. The minimum atomic E-state index is -0.569. The molecule has 24 heavy (non-hydrogen) atoms. The minimum Gasteiger partial charge on any atom is -0.466 e. The van der Waals surface area contributed by atoms with Crippen molar-refractivity contribution in [2.75, 3.05) is 20.8 Å². The van der Waals surface area contributed by atoms with E-state index in [9.17, 15) is 9.59 Å². The number of urea groups is 1. The van der Waals surface area contributed by atoms with Crippen molar-refractivity contribution in [1.29, 1.82) is 0 Å². The van der Waals surface area contributed by atoms with E-state index in [2.05, 4.69) is 5.32 Å². The number of esters is 1. The molecule has 130 valence electrons. The predicted octanol–water partition coefficient (Wildman–Crippen LogP) is 2.62. The molecule has 0 spiro atoms. The highest BCUT2D eigenvalue weighted by atomic mass is 16.5. The van der Waals surface area contributed by atoms with Gasteiger partial charge in [0, 0.05) is 7.05 Å². The first kappa shape index (κ1) is 18.0. The van der Waals surface area contributed by atoms with Crippen LogP contribution < -0.4 is 5.32 Å². The van der Waals surface area contributed by atoms with Crippen molar-refractivity contribution >= 4 is 12.0 Å². The summed E-state index contributed by atoms with van der Waals surface area (Å²) in [6.45, 7) is 5.90. The summed E-state index contributed by atoms with van der Waals surface area (Å²) in [5, 5.41) is 2.85. The Morgan fingerprint density at radius 2 is 1.88 bits per heavy atom. The zero-order valence-corrected chi connectivity index (χ0v) is 14.8. The Morgan fingerprint density at radius 1 is 1.25 bits per heavy atom. The fraction of sp³-hybridized carbons (Fsp3) is 0.444. The van der Waals surface area contributed by atoms with Gasteiger partial charge in [-0.05, 0) is 26.3 Å². The smallest absolute Gasteiger partial charge is 0.338 e. The van der Waals surface area contributed by atoms with Crippen LogP contribution in [0.2, 0.25) is 0 Å². The Bertz CT molecular complexity index is 647. The van der Waals surface area contributed by atoms with Gasteiger partial charge in [0.1, 0.15) is 0 Å². The number of benzene rings is 1. The molecule has 1 unspecified atom stereocenters. The summed E-state index contributed by atoms with van der Waals surface area (Å²) >= 11 is 0. The summed E-state index contributed by atoms with van der Waals surface area (Å²) < 4.78 is 10.8. The number of rotatable bonds is 4. The fourth-order valence-electron chi connectivity index (χ4n) is 2.46. The normalized spacial score (nSPS) is 18.5. The number of hydrogen-bond acceptors (Lipinski definition) is 4. The highest BCUT2D eigenvalue weighted by Crippen LogP contribution is 2.31. The van der Waals surface area contributed by atoms with Crippen LogP contribution in [0.25, 0.3) is 0 Å². The van der Waals surface area contributed by atoms with E-state index >= 15 is 0 Å². The molecule has 0 bridgehead atoms. The average Bonchev–Trinajstić information content (AvgIpc) is 2.55. The van der Waals surface area contributed by atoms with Gasteiger partial charge in [0.2, 0.25) is 0 Å². The lowest BCUT2D eigenvalue weighted by molar-refractivity contribution is -0.136. The first-order valence-electron chi connectivity index (χ1n) is 7.79. The zero-order valence-electron chi connectivity index (χ0n) is 14.8. The summed E-state index contributed by atoms with van der Waals surface area (Å²) in [5.41, 5.74) is 1.31. The van der Waals surface area contributed by atoms with Gasteiger partial charge in [-0.15, -0.1) is 0 Å². The van der Waals surface area contributed by atoms with Crippen molar-refractivity contribution in [2.45, 2.75) is 32.4 Å². The molecule has 1 N–H and O–H groups in total. The third-order valence-corrected chi connectivity index (χ3v) is 3.76. The van der Waals surface area contributed by atoms with Crippen LogP contribution in [0.5, 0.6) is 0 Å². The topological polar surface area (TPSA) is 67.9 Å². The fourth-order valence-corrected chi connectivity index (χ4v) is 2.46. The van der Waals surface area contributed by atoms with Gasteiger partial charge >= 0.3 is 12.0 Å². The minimum absolute atomic E-state index is 0.140. The summed E-state index contributed by atoms with van der Waals surface area (Å²) in [4.78, 5) is 26.2. The summed E-state index contributed by atoms with van der Waals surface area (Å²) in [6.07, 6.45) is 0. The van der Waals surface area contributed by atoms with E-state index in [4.69, 9.17) is 9.47 Å². The van der Waals surface area contributed by atoms with Crippen LogP contribution >= 0.6 is 0 Å². The van der Waals surface area contributed by atoms with Gasteiger partial charge in [-0.2, -0.15) is 0 Å². The quantitative estimate of drug-likeness (QED) is 0.861. The van der Waals surface area contributed by atoms with Crippen molar-refractivity contribution in [2.24, 2.45) is 0 Å². The van der Waals surface area contributed by atoms with E-state index in [1.54, 1.807) is 7.05 Å². The van der Waals surface area contributed by atoms with Crippen LogP contribution in [-0.2, 0) is 14.3 Å². The molecule has 0 saturated heterocycles. The molecule has 0 radical (unpaired) electrons. The Labute approximate surface area is 142 Å². The SMILES string of the molecule is COC(=O)C1=C(COC(C)(C)C)N(C)C(=O)NC1c1ccccc1. The molecule has 0 fully saturated rings. The summed E-state index contributed by atoms with van der Waals surface area (Å²) in [6, 6.07) is 8.47. The van der Waals surface area contributed by atoms with Gasteiger partial charge in [-0.1, -0.05) is 30.3 Å². The highest BCUT2D eigenvalue weighted by Gasteiger charge is 2.36. The molecule has 0 aliphatic carbocycles. The number of nitrogens with zero attached hydrogens (tertiary/aromatic N) is 1. The maximum Gasteiger partial charge on any atom is 0.338 e. The zero-order chi connectivity index (χ0) is 17.9. The number of likely N-dealkylation sites (N-methyl/N-ethyl adjacent to an activating group) is 1. The molecule has 6 nitrogen and oxygen atoms in total. The van der Waals surface area contributed by atoms with Gasteiger partial charge < -0.3 is 14.8 Å².